The number of hydrogen-bond donors (Lipinski definition) is 1. The number of pyridine rings is 1. The first kappa shape index (κ1) is 21.9. The van der Waals surface area contributed by atoms with Crippen molar-refractivity contribution in [1.29, 1.82) is 0 Å². The molecule has 0 bridgehead atoms. The number of aliphatic carboxylic acids is 1. The Bertz CT molecular complexity index is 1440. The number of aromatic nitrogens is 1. The van der Waals surface area contributed by atoms with Gasteiger partial charge in [0.25, 0.3) is 0 Å². The first-order valence-electron chi connectivity index (χ1n) is 10.9. The van der Waals surface area contributed by atoms with E-state index in [4.69, 9.17) is 13.9 Å². The van der Waals surface area contributed by atoms with Gasteiger partial charge in [-0.3, -0.25) is 4.90 Å². The first-order chi connectivity index (χ1) is 16.1. The van der Waals surface area contributed by atoms with Crippen molar-refractivity contribution in [3.63, 3.8) is 0 Å². The maximum atomic E-state index is 14.2. The summed E-state index contributed by atoms with van der Waals surface area (Å²) < 4.78 is 31.8. The second-order valence-corrected chi connectivity index (χ2v) is 9.34. The highest BCUT2D eigenvalue weighted by Crippen LogP contribution is 2.40. The number of furan rings is 1. The summed E-state index contributed by atoms with van der Waals surface area (Å²) in [6.07, 6.45) is -1.38. The maximum Gasteiger partial charge on any atom is 0.411 e. The van der Waals surface area contributed by atoms with Crippen molar-refractivity contribution in [3.8, 4) is 5.75 Å². The minimum absolute atomic E-state index is 0.00721. The van der Waals surface area contributed by atoms with Gasteiger partial charge in [0.1, 0.15) is 34.7 Å². The molecule has 2 aromatic heterocycles. The third-order valence-corrected chi connectivity index (χ3v) is 5.67. The normalized spacial score (nSPS) is 18.6. The van der Waals surface area contributed by atoms with E-state index >= 15 is 0 Å². The molecule has 0 spiro atoms. The molecule has 1 aliphatic heterocycles. The fourth-order valence-electron chi connectivity index (χ4n) is 4.25. The SMILES string of the molecule is CC(C)(C)OC(=O)N1CC(Oc2c3cc(F)ccc3nc3c2oc2ccccc23)CC1C(=O)O. The molecule has 1 saturated heterocycles. The molecule has 0 saturated carbocycles. The molecule has 1 fully saturated rings. The average Bonchev–Trinajstić information content (AvgIpc) is 3.35. The van der Waals surface area contributed by atoms with Gasteiger partial charge in [0.2, 0.25) is 0 Å². The second-order valence-electron chi connectivity index (χ2n) is 9.34. The number of carbonyl (C=O) groups is 2. The van der Waals surface area contributed by atoms with Crippen LogP contribution in [0.1, 0.15) is 27.2 Å². The van der Waals surface area contributed by atoms with Crippen LogP contribution in [-0.4, -0.2) is 51.3 Å². The van der Waals surface area contributed by atoms with Gasteiger partial charge in [-0.1, -0.05) is 12.1 Å². The van der Waals surface area contributed by atoms with Gasteiger partial charge < -0.3 is 19.0 Å². The lowest BCUT2D eigenvalue weighted by Crippen LogP contribution is -2.43. The van der Waals surface area contributed by atoms with Gasteiger partial charge in [0.15, 0.2) is 11.3 Å². The molecule has 3 heterocycles. The molecule has 0 aliphatic carbocycles. The average molecular weight is 466 g/mol. The van der Waals surface area contributed by atoms with Crippen molar-refractivity contribution in [2.75, 3.05) is 6.54 Å². The minimum Gasteiger partial charge on any atom is -0.484 e. The molecule has 2 unspecified atom stereocenters. The Hall–Kier alpha value is -3.88. The van der Waals surface area contributed by atoms with Crippen molar-refractivity contribution in [1.82, 2.24) is 9.88 Å². The van der Waals surface area contributed by atoms with Gasteiger partial charge in [-0.05, 0) is 51.1 Å². The van der Waals surface area contributed by atoms with Crippen molar-refractivity contribution in [2.24, 2.45) is 0 Å². The topological polar surface area (TPSA) is 102 Å². The molecule has 8 nitrogen and oxygen atoms in total. The van der Waals surface area contributed by atoms with Crippen LogP contribution in [0.15, 0.2) is 46.9 Å². The predicted molar refractivity (Wildman–Crippen MR) is 122 cm³/mol. The summed E-state index contributed by atoms with van der Waals surface area (Å²) in [5.74, 6) is -1.37. The monoisotopic (exact) mass is 466 g/mol. The molecular weight excluding hydrogens is 443 g/mol. The summed E-state index contributed by atoms with van der Waals surface area (Å²) in [7, 11) is 0. The van der Waals surface area contributed by atoms with Crippen LogP contribution in [0.2, 0.25) is 0 Å². The number of amides is 1. The highest BCUT2D eigenvalue weighted by Gasteiger charge is 2.43. The summed E-state index contributed by atoms with van der Waals surface area (Å²) >= 11 is 0. The molecule has 176 valence electrons. The minimum atomic E-state index is -1.16. The number of hydrogen-bond acceptors (Lipinski definition) is 6. The number of nitrogens with zero attached hydrogens (tertiary/aromatic N) is 2. The Labute approximate surface area is 193 Å². The maximum absolute atomic E-state index is 14.2. The standard InChI is InChI=1S/C25H23FN2O6/c1-25(2,3)34-24(31)28-12-14(11-18(28)23(29)30)32-21-16-10-13(26)8-9-17(16)27-20-15-6-4-5-7-19(15)33-22(20)21/h4-10,14,18H,11-12H2,1-3H3,(H,29,30). The number of likely N-dealkylation sites (tertiary alicyclic amines) is 1. The fraction of sp³-hybridized carbons (Fsp3) is 0.320. The van der Waals surface area contributed by atoms with Crippen LogP contribution in [0, 0.1) is 5.82 Å². The van der Waals surface area contributed by atoms with E-state index in [1.54, 1.807) is 32.9 Å². The lowest BCUT2D eigenvalue weighted by atomic mass is 10.1. The highest BCUT2D eigenvalue weighted by molar-refractivity contribution is 6.10. The van der Waals surface area contributed by atoms with Crippen molar-refractivity contribution >= 4 is 45.0 Å². The smallest absolute Gasteiger partial charge is 0.411 e. The Balaban J connectivity index is 1.58. The number of carboxylic acid groups (broad SMARTS) is 1. The zero-order valence-corrected chi connectivity index (χ0v) is 18.9. The quantitative estimate of drug-likeness (QED) is 0.447. The van der Waals surface area contributed by atoms with Crippen molar-refractivity contribution in [2.45, 2.75) is 44.9 Å². The van der Waals surface area contributed by atoms with Crippen LogP contribution in [-0.2, 0) is 9.53 Å². The molecular formula is C25H23FN2O6. The lowest BCUT2D eigenvalue weighted by molar-refractivity contribution is -0.142. The zero-order chi connectivity index (χ0) is 24.2. The van der Waals surface area contributed by atoms with Gasteiger partial charge in [-0.25, -0.2) is 19.0 Å². The molecule has 1 aliphatic rings. The number of carboxylic acids is 1. The van der Waals surface area contributed by atoms with E-state index in [2.05, 4.69) is 4.98 Å². The lowest BCUT2D eigenvalue weighted by Gasteiger charge is -2.26. The zero-order valence-electron chi connectivity index (χ0n) is 18.9. The number of halogens is 1. The van der Waals surface area contributed by atoms with Crippen LogP contribution < -0.4 is 4.74 Å². The highest BCUT2D eigenvalue weighted by atomic mass is 19.1. The molecule has 9 heteroatoms. The second kappa shape index (κ2) is 7.86. The Kier molecular flexibility index (Phi) is 5.07. The number of ether oxygens (including phenoxy) is 2. The predicted octanol–water partition coefficient (Wildman–Crippen LogP) is 5.11. The molecule has 1 amide bonds. The van der Waals surface area contributed by atoms with Gasteiger partial charge in [0, 0.05) is 17.2 Å². The van der Waals surface area contributed by atoms with Crippen LogP contribution in [0.4, 0.5) is 9.18 Å². The fourth-order valence-corrected chi connectivity index (χ4v) is 4.25. The molecule has 1 N–H and O–H groups in total. The van der Waals surface area contributed by atoms with E-state index < -0.39 is 35.6 Å². The molecule has 2 atom stereocenters. The van der Waals surface area contributed by atoms with Gasteiger partial charge in [-0.2, -0.15) is 0 Å². The number of benzene rings is 2. The molecule has 34 heavy (non-hydrogen) atoms. The van der Waals surface area contributed by atoms with E-state index in [-0.39, 0.29) is 18.7 Å². The Morgan fingerprint density at radius 3 is 2.68 bits per heavy atom. The van der Waals surface area contributed by atoms with Crippen LogP contribution in [0.25, 0.3) is 33.0 Å². The van der Waals surface area contributed by atoms with E-state index in [1.807, 2.05) is 18.2 Å². The number of carbonyl (C=O) groups excluding carboxylic acids is 1. The summed E-state index contributed by atoms with van der Waals surface area (Å²) in [5, 5.41) is 10.9. The van der Waals surface area contributed by atoms with Crippen molar-refractivity contribution < 1.29 is 33.0 Å². The summed E-state index contributed by atoms with van der Waals surface area (Å²) in [4.78, 5) is 30.4. The summed E-state index contributed by atoms with van der Waals surface area (Å²) in [5.41, 5.74) is 1.21. The molecule has 5 rings (SSSR count). The van der Waals surface area contributed by atoms with Gasteiger partial charge in [0.05, 0.1) is 12.1 Å². The van der Waals surface area contributed by atoms with E-state index in [1.165, 1.54) is 12.1 Å². The molecule has 2 aromatic carbocycles. The third kappa shape index (κ3) is 3.87. The summed E-state index contributed by atoms with van der Waals surface area (Å²) in [6, 6.07) is 10.4. The van der Waals surface area contributed by atoms with E-state index in [0.29, 0.717) is 27.6 Å². The van der Waals surface area contributed by atoms with Crippen LogP contribution >= 0.6 is 0 Å². The van der Waals surface area contributed by atoms with E-state index in [0.717, 1.165) is 10.3 Å². The van der Waals surface area contributed by atoms with E-state index in [9.17, 15) is 19.1 Å². The largest absolute Gasteiger partial charge is 0.484 e. The van der Waals surface area contributed by atoms with Gasteiger partial charge in [-0.15, -0.1) is 0 Å². The Morgan fingerprint density at radius 1 is 1.18 bits per heavy atom. The van der Waals surface area contributed by atoms with Crippen molar-refractivity contribution in [3.05, 3.63) is 48.3 Å². The number of fused-ring (bicyclic) bond motifs is 4. The van der Waals surface area contributed by atoms with Crippen LogP contribution in [0.3, 0.4) is 0 Å². The third-order valence-electron chi connectivity index (χ3n) is 5.67. The number of para-hydroxylation sites is 1. The molecule has 0 radical (unpaired) electrons. The first-order valence-corrected chi connectivity index (χ1v) is 10.9. The Morgan fingerprint density at radius 2 is 1.94 bits per heavy atom. The summed E-state index contributed by atoms with van der Waals surface area (Å²) in [6.45, 7) is 5.12. The van der Waals surface area contributed by atoms with Crippen LogP contribution in [0.5, 0.6) is 5.75 Å². The van der Waals surface area contributed by atoms with Gasteiger partial charge >= 0.3 is 12.1 Å². The number of rotatable bonds is 3. The molecule has 4 aromatic rings.